The van der Waals surface area contributed by atoms with Gasteiger partial charge in [-0.05, 0) is 36.4 Å². The van der Waals surface area contributed by atoms with Crippen molar-refractivity contribution in [2.75, 3.05) is 7.11 Å². The Hall–Kier alpha value is -2.46. The molecule has 25 heavy (non-hydrogen) atoms. The van der Waals surface area contributed by atoms with Crippen molar-refractivity contribution in [1.29, 1.82) is 0 Å². The number of halogens is 4. The molecule has 0 radical (unpaired) electrons. The molecule has 0 amide bonds. The van der Waals surface area contributed by atoms with Gasteiger partial charge in [-0.1, -0.05) is 0 Å². The van der Waals surface area contributed by atoms with Gasteiger partial charge in [0, 0.05) is 5.56 Å². The van der Waals surface area contributed by atoms with E-state index in [9.17, 15) is 30.8 Å². The average Bonchev–Trinajstić information content (AvgIpc) is 2.56. The smallest absolute Gasteiger partial charge is 0.328 e. The second-order valence-corrected chi connectivity index (χ2v) is 6.53. The SMILES string of the molecule is COC(=O)C(NS(=O)(=O)c1ccc(F)c(F)c1)c1cc(F)ccc1F. The third-order valence-electron chi connectivity index (χ3n) is 3.18. The van der Waals surface area contributed by atoms with Gasteiger partial charge in [-0.25, -0.2) is 30.8 Å². The van der Waals surface area contributed by atoms with Crippen LogP contribution in [0.1, 0.15) is 11.6 Å². The average molecular weight is 377 g/mol. The predicted octanol–water partition coefficient (Wildman–Crippen LogP) is 2.44. The Morgan fingerprint density at radius 3 is 2.24 bits per heavy atom. The molecular formula is C15H11F4NO4S. The molecule has 0 spiro atoms. The Morgan fingerprint density at radius 2 is 1.64 bits per heavy atom. The number of hydrogen-bond donors (Lipinski definition) is 1. The molecule has 1 atom stereocenters. The summed E-state index contributed by atoms with van der Waals surface area (Å²) >= 11 is 0. The van der Waals surface area contributed by atoms with E-state index in [0.29, 0.717) is 24.3 Å². The Bertz CT molecular complexity index is 918. The number of methoxy groups -OCH3 is 1. The predicted molar refractivity (Wildman–Crippen MR) is 77.8 cm³/mol. The van der Waals surface area contributed by atoms with E-state index in [0.717, 1.165) is 19.2 Å². The topological polar surface area (TPSA) is 72.5 Å². The van der Waals surface area contributed by atoms with Gasteiger partial charge in [0.25, 0.3) is 0 Å². The molecule has 0 saturated heterocycles. The molecule has 0 heterocycles. The minimum Gasteiger partial charge on any atom is -0.468 e. The number of ether oxygens (including phenoxy) is 1. The van der Waals surface area contributed by atoms with Crippen molar-refractivity contribution in [2.24, 2.45) is 0 Å². The highest BCUT2D eigenvalue weighted by Crippen LogP contribution is 2.23. The fourth-order valence-electron chi connectivity index (χ4n) is 1.96. The summed E-state index contributed by atoms with van der Waals surface area (Å²) in [5.74, 6) is -5.92. The molecule has 0 bridgehead atoms. The van der Waals surface area contributed by atoms with Gasteiger partial charge in [0.2, 0.25) is 10.0 Å². The molecule has 10 heteroatoms. The van der Waals surface area contributed by atoms with Crippen LogP contribution in [-0.4, -0.2) is 21.5 Å². The molecule has 0 aromatic heterocycles. The second-order valence-electron chi connectivity index (χ2n) is 4.82. The first-order valence-corrected chi connectivity index (χ1v) is 8.14. The lowest BCUT2D eigenvalue weighted by Gasteiger charge is -2.18. The summed E-state index contributed by atoms with van der Waals surface area (Å²) in [5.41, 5.74) is -0.627. The van der Waals surface area contributed by atoms with Crippen LogP contribution in [0, 0.1) is 23.3 Å². The summed E-state index contributed by atoms with van der Waals surface area (Å²) in [6.07, 6.45) is 0. The number of esters is 1. The van der Waals surface area contributed by atoms with E-state index in [1.807, 2.05) is 0 Å². The number of sulfonamides is 1. The van der Waals surface area contributed by atoms with Crippen LogP contribution in [0.3, 0.4) is 0 Å². The third kappa shape index (κ3) is 4.15. The minimum atomic E-state index is -4.58. The van der Waals surface area contributed by atoms with Crippen molar-refractivity contribution in [3.8, 4) is 0 Å². The largest absolute Gasteiger partial charge is 0.468 e. The summed E-state index contributed by atoms with van der Waals surface area (Å²) in [7, 11) is -3.66. The summed E-state index contributed by atoms with van der Waals surface area (Å²) in [6.45, 7) is 0. The Balaban J connectivity index is 2.47. The Labute approximate surface area is 140 Å². The van der Waals surface area contributed by atoms with Crippen molar-refractivity contribution < 1.29 is 35.5 Å². The van der Waals surface area contributed by atoms with Crippen molar-refractivity contribution in [1.82, 2.24) is 4.72 Å². The molecule has 1 N–H and O–H groups in total. The van der Waals surface area contributed by atoms with Crippen LogP contribution in [0.25, 0.3) is 0 Å². The maximum absolute atomic E-state index is 13.9. The van der Waals surface area contributed by atoms with Crippen molar-refractivity contribution in [2.45, 2.75) is 10.9 Å². The number of carbonyl (C=O) groups is 1. The van der Waals surface area contributed by atoms with Crippen LogP contribution < -0.4 is 4.72 Å². The molecule has 2 rings (SSSR count). The van der Waals surface area contributed by atoms with Crippen LogP contribution >= 0.6 is 0 Å². The lowest BCUT2D eigenvalue weighted by molar-refractivity contribution is -0.142. The lowest BCUT2D eigenvalue weighted by Crippen LogP contribution is -2.35. The molecule has 0 fully saturated rings. The lowest BCUT2D eigenvalue weighted by atomic mass is 10.1. The van der Waals surface area contributed by atoms with Gasteiger partial charge in [-0.15, -0.1) is 0 Å². The van der Waals surface area contributed by atoms with E-state index in [1.54, 1.807) is 4.72 Å². The Morgan fingerprint density at radius 1 is 1.00 bits per heavy atom. The highest BCUT2D eigenvalue weighted by molar-refractivity contribution is 7.89. The molecule has 5 nitrogen and oxygen atoms in total. The Kier molecular flexibility index (Phi) is 5.43. The standard InChI is InChI=1S/C15H11F4NO4S/c1-24-15(21)14(10-6-8(16)2-4-11(10)17)20-25(22,23)9-3-5-12(18)13(19)7-9/h2-7,14,20H,1H3. The quantitative estimate of drug-likeness (QED) is 0.642. The minimum absolute atomic E-state index is 0.383. The number of carbonyl (C=O) groups excluding carboxylic acids is 1. The van der Waals surface area contributed by atoms with Gasteiger partial charge in [-0.2, -0.15) is 4.72 Å². The first-order valence-electron chi connectivity index (χ1n) is 6.66. The number of rotatable bonds is 5. The highest BCUT2D eigenvalue weighted by atomic mass is 32.2. The maximum atomic E-state index is 13.9. The van der Waals surface area contributed by atoms with E-state index in [1.165, 1.54) is 0 Å². The maximum Gasteiger partial charge on any atom is 0.328 e. The monoisotopic (exact) mass is 377 g/mol. The highest BCUT2D eigenvalue weighted by Gasteiger charge is 2.31. The van der Waals surface area contributed by atoms with Crippen LogP contribution in [0.5, 0.6) is 0 Å². The second kappa shape index (κ2) is 7.19. The summed E-state index contributed by atoms with van der Waals surface area (Å²) in [6, 6.07) is 1.86. The zero-order chi connectivity index (χ0) is 18.8. The molecule has 0 aliphatic carbocycles. The molecule has 2 aromatic rings. The van der Waals surface area contributed by atoms with E-state index in [4.69, 9.17) is 0 Å². The molecule has 0 aliphatic rings. The molecular weight excluding hydrogens is 366 g/mol. The number of benzene rings is 2. The number of hydrogen-bond acceptors (Lipinski definition) is 4. The summed E-state index contributed by atoms with van der Waals surface area (Å²) < 4.78 is 84.1. The van der Waals surface area contributed by atoms with Crippen LogP contribution in [0.4, 0.5) is 17.6 Å². The third-order valence-corrected chi connectivity index (χ3v) is 4.60. The summed E-state index contributed by atoms with van der Waals surface area (Å²) in [5, 5.41) is 0. The molecule has 0 saturated carbocycles. The van der Waals surface area contributed by atoms with Gasteiger partial charge in [0.1, 0.15) is 17.7 Å². The first-order chi connectivity index (χ1) is 11.7. The summed E-state index contributed by atoms with van der Waals surface area (Å²) in [4.78, 5) is 11.1. The van der Waals surface area contributed by atoms with Crippen LogP contribution in [0.15, 0.2) is 41.3 Å². The molecule has 134 valence electrons. The van der Waals surface area contributed by atoms with E-state index in [2.05, 4.69) is 4.74 Å². The van der Waals surface area contributed by atoms with Gasteiger partial charge in [0.15, 0.2) is 11.6 Å². The van der Waals surface area contributed by atoms with Crippen LogP contribution in [0.2, 0.25) is 0 Å². The fraction of sp³-hybridized carbons (Fsp3) is 0.133. The van der Waals surface area contributed by atoms with Crippen molar-refractivity contribution in [3.05, 3.63) is 65.2 Å². The van der Waals surface area contributed by atoms with E-state index >= 15 is 0 Å². The van der Waals surface area contributed by atoms with Gasteiger partial charge in [0.05, 0.1) is 12.0 Å². The van der Waals surface area contributed by atoms with Crippen molar-refractivity contribution in [3.63, 3.8) is 0 Å². The van der Waals surface area contributed by atoms with Gasteiger partial charge < -0.3 is 4.74 Å². The number of nitrogens with one attached hydrogen (secondary N) is 1. The van der Waals surface area contributed by atoms with E-state index in [-0.39, 0.29) is 0 Å². The zero-order valence-electron chi connectivity index (χ0n) is 12.6. The van der Waals surface area contributed by atoms with Gasteiger partial charge in [-0.3, -0.25) is 0 Å². The zero-order valence-corrected chi connectivity index (χ0v) is 13.4. The molecule has 2 aromatic carbocycles. The molecule has 0 aliphatic heterocycles. The fourth-order valence-corrected chi connectivity index (χ4v) is 3.13. The van der Waals surface area contributed by atoms with Gasteiger partial charge >= 0.3 is 5.97 Å². The molecule has 1 unspecified atom stereocenters. The normalized spacial score (nSPS) is 12.7. The van der Waals surface area contributed by atoms with Crippen molar-refractivity contribution >= 4 is 16.0 Å². The first kappa shape index (κ1) is 18.9. The van der Waals surface area contributed by atoms with Crippen LogP contribution in [-0.2, 0) is 19.6 Å². The van der Waals surface area contributed by atoms with E-state index < -0.39 is 55.8 Å².